The molecule has 1 aromatic rings. The monoisotopic (exact) mass is 259 g/mol. The molecule has 0 radical (unpaired) electrons. The van der Waals surface area contributed by atoms with Crippen molar-refractivity contribution in [2.45, 2.75) is 56.9 Å². The first-order chi connectivity index (χ1) is 9.27. The number of nitrogens with zero attached hydrogens (tertiary/aromatic N) is 1. The molecule has 2 fully saturated rings. The molecule has 3 rings (SSSR count). The van der Waals surface area contributed by atoms with Crippen LogP contribution >= 0.6 is 0 Å². The van der Waals surface area contributed by atoms with Crippen LogP contribution in [0.4, 0.5) is 0 Å². The minimum absolute atomic E-state index is 0.0526. The highest BCUT2D eigenvalue weighted by Crippen LogP contribution is 2.47. The van der Waals surface area contributed by atoms with Crippen LogP contribution in [-0.4, -0.2) is 17.7 Å². The second kappa shape index (κ2) is 5.26. The predicted molar refractivity (Wildman–Crippen MR) is 78.4 cm³/mol. The highest BCUT2D eigenvalue weighted by atomic mass is 16.6. The van der Waals surface area contributed by atoms with Crippen LogP contribution in [0.15, 0.2) is 30.3 Å². The van der Waals surface area contributed by atoms with E-state index in [2.05, 4.69) is 30.3 Å². The molecule has 2 nitrogen and oxygen atoms in total. The van der Waals surface area contributed by atoms with E-state index in [1.165, 1.54) is 31.2 Å². The van der Waals surface area contributed by atoms with Gasteiger partial charge in [-0.1, -0.05) is 36.8 Å². The van der Waals surface area contributed by atoms with Gasteiger partial charge in [0.2, 0.25) is 0 Å². The van der Waals surface area contributed by atoms with Gasteiger partial charge in [-0.15, -0.1) is 0 Å². The van der Waals surface area contributed by atoms with Crippen LogP contribution < -0.4 is 0 Å². The van der Waals surface area contributed by atoms with Gasteiger partial charge >= 0.3 is 0 Å². The number of benzene rings is 1. The van der Waals surface area contributed by atoms with Gasteiger partial charge in [0.25, 0.3) is 0 Å². The van der Waals surface area contributed by atoms with Crippen LogP contribution in [0.2, 0.25) is 0 Å². The van der Waals surface area contributed by atoms with E-state index in [1.807, 2.05) is 0 Å². The van der Waals surface area contributed by atoms with Gasteiger partial charge in [0.15, 0.2) is 0 Å². The second-order valence-corrected chi connectivity index (χ2v) is 6.36. The fourth-order valence-corrected chi connectivity index (χ4v) is 4.27. The van der Waals surface area contributed by atoms with E-state index in [1.54, 1.807) is 0 Å². The van der Waals surface area contributed by atoms with E-state index in [0.29, 0.717) is 0 Å². The Bertz CT molecular complexity index is 403. The number of hydrogen-bond donors (Lipinski definition) is 0. The summed E-state index contributed by atoms with van der Waals surface area (Å²) in [5.41, 5.74) is 1.16. The van der Waals surface area contributed by atoms with Crippen molar-refractivity contribution in [3.05, 3.63) is 41.1 Å². The number of hydrogen-bond acceptors (Lipinski definition) is 1. The molecule has 1 heterocycles. The lowest BCUT2D eigenvalue weighted by Crippen LogP contribution is -2.61. The Morgan fingerprint density at radius 2 is 1.37 bits per heavy atom. The van der Waals surface area contributed by atoms with Crippen LogP contribution in [-0.2, 0) is 5.54 Å². The first-order valence-electron chi connectivity index (χ1n) is 7.91. The number of piperidine rings is 1. The van der Waals surface area contributed by atoms with Crippen molar-refractivity contribution in [2.75, 3.05) is 13.1 Å². The Kier molecular flexibility index (Phi) is 3.64. The Hall–Kier alpha value is -0.860. The topological polar surface area (TPSA) is 23.1 Å². The molecule has 1 saturated heterocycles. The summed E-state index contributed by atoms with van der Waals surface area (Å²) in [6.45, 7) is 1.66. The number of likely N-dealkylation sites (tertiary alicyclic amines) is 1. The summed E-state index contributed by atoms with van der Waals surface area (Å²) >= 11 is 0. The van der Waals surface area contributed by atoms with Crippen molar-refractivity contribution in [3.8, 4) is 0 Å². The number of hydroxylamine groups is 3. The molecule has 19 heavy (non-hydrogen) atoms. The molecule has 0 atom stereocenters. The quantitative estimate of drug-likeness (QED) is 0.572. The molecule has 104 valence electrons. The highest BCUT2D eigenvalue weighted by Gasteiger charge is 2.47. The first-order valence-corrected chi connectivity index (χ1v) is 7.91. The maximum Gasteiger partial charge on any atom is 0.124 e. The van der Waals surface area contributed by atoms with Gasteiger partial charge in [-0.3, -0.25) is 0 Å². The molecule has 1 saturated carbocycles. The van der Waals surface area contributed by atoms with Crippen molar-refractivity contribution in [2.24, 2.45) is 0 Å². The predicted octanol–water partition coefficient (Wildman–Crippen LogP) is 4.34. The molecule has 0 spiro atoms. The molecular weight excluding hydrogens is 234 g/mol. The first kappa shape index (κ1) is 13.1. The standard InChI is InChI=1S/C17H25NO/c19-18(14-8-3-9-15-18)17(12-6-2-7-13-17)16-10-4-1-5-11-16/h1,4-5,10-11H,2-3,6-9,12-15H2. The molecule has 0 amide bonds. The van der Waals surface area contributed by atoms with Gasteiger partial charge in [0.1, 0.15) is 5.54 Å². The van der Waals surface area contributed by atoms with Gasteiger partial charge in [-0.05, 0) is 32.1 Å². The molecule has 1 aliphatic heterocycles. The molecule has 2 aliphatic rings. The Balaban J connectivity index is 2.01. The lowest BCUT2D eigenvalue weighted by atomic mass is 9.74. The van der Waals surface area contributed by atoms with Crippen LogP contribution in [0.5, 0.6) is 0 Å². The molecule has 0 N–H and O–H groups in total. The SMILES string of the molecule is [O-][N+]1(C2(c3ccccc3)CCCCC2)CCCCC1. The average molecular weight is 259 g/mol. The maximum atomic E-state index is 13.5. The van der Waals surface area contributed by atoms with Gasteiger partial charge in [-0.25, -0.2) is 0 Å². The van der Waals surface area contributed by atoms with E-state index >= 15 is 0 Å². The molecule has 0 bridgehead atoms. The molecule has 1 aliphatic carbocycles. The van der Waals surface area contributed by atoms with Crippen molar-refractivity contribution in [1.29, 1.82) is 0 Å². The maximum absolute atomic E-state index is 13.5. The van der Waals surface area contributed by atoms with Crippen LogP contribution in [0.1, 0.15) is 56.9 Å². The third-order valence-corrected chi connectivity index (χ3v) is 5.31. The highest BCUT2D eigenvalue weighted by molar-refractivity contribution is 5.23. The Morgan fingerprint density at radius 3 is 2.00 bits per heavy atom. The summed E-state index contributed by atoms with van der Waals surface area (Å²) in [4.78, 5) is 0. The normalized spacial score (nSPS) is 25.9. The van der Waals surface area contributed by atoms with E-state index in [-0.39, 0.29) is 10.2 Å². The molecular formula is C17H25NO. The summed E-state index contributed by atoms with van der Waals surface area (Å²) in [6.07, 6.45) is 9.37. The van der Waals surface area contributed by atoms with Gasteiger partial charge in [-0.2, -0.15) is 0 Å². The molecule has 0 aromatic heterocycles. The van der Waals surface area contributed by atoms with E-state index in [9.17, 15) is 5.21 Å². The fraction of sp³-hybridized carbons (Fsp3) is 0.647. The summed E-state index contributed by atoms with van der Waals surface area (Å²) in [6, 6.07) is 10.6. The van der Waals surface area contributed by atoms with Crippen molar-refractivity contribution < 1.29 is 4.65 Å². The zero-order chi connectivity index (χ0) is 13.2. The summed E-state index contributed by atoms with van der Waals surface area (Å²) in [5.74, 6) is 0. The summed E-state index contributed by atoms with van der Waals surface area (Å²) in [7, 11) is 0. The summed E-state index contributed by atoms with van der Waals surface area (Å²) in [5, 5.41) is 13.5. The zero-order valence-electron chi connectivity index (χ0n) is 11.8. The van der Waals surface area contributed by atoms with Crippen LogP contribution in [0, 0.1) is 5.21 Å². The van der Waals surface area contributed by atoms with Gasteiger partial charge in [0, 0.05) is 18.4 Å². The average Bonchev–Trinajstić information content (AvgIpc) is 2.49. The molecule has 0 unspecified atom stereocenters. The van der Waals surface area contributed by atoms with Crippen LogP contribution in [0.3, 0.4) is 0 Å². The van der Waals surface area contributed by atoms with E-state index in [0.717, 1.165) is 38.8 Å². The Morgan fingerprint density at radius 1 is 0.789 bits per heavy atom. The van der Waals surface area contributed by atoms with Crippen LogP contribution in [0.25, 0.3) is 0 Å². The van der Waals surface area contributed by atoms with Gasteiger partial charge in [0.05, 0.1) is 13.1 Å². The third-order valence-electron chi connectivity index (χ3n) is 5.31. The Labute approximate surface area is 116 Å². The van der Waals surface area contributed by atoms with Gasteiger partial charge < -0.3 is 9.85 Å². The largest absolute Gasteiger partial charge is 0.632 e. The third kappa shape index (κ3) is 2.21. The number of quaternary nitrogens is 1. The van der Waals surface area contributed by atoms with Crippen molar-refractivity contribution in [3.63, 3.8) is 0 Å². The second-order valence-electron chi connectivity index (χ2n) is 6.36. The number of rotatable bonds is 2. The smallest absolute Gasteiger partial charge is 0.124 e. The molecule has 2 heteroatoms. The minimum atomic E-state index is -0.139. The summed E-state index contributed by atoms with van der Waals surface area (Å²) < 4.78 is 0.0526. The lowest BCUT2D eigenvalue weighted by Gasteiger charge is -2.60. The van der Waals surface area contributed by atoms with Crippen molar-refractivity contribution in [1.82, 2.24) is 0 Å². The molecule has 1 aromatic carbocycles. The lowest BCUT2D eigenvalue weighted by molar-refractivity contribution is -0.946. The van der Waals surface area contributed by atoms with E-state index < -0.39 is 0 Å². The fourth-order valence-electron chi connectivity index (χ4n) is 4.27. The van der Waals surface area contributed by atoms with E-state index in [4.69, 9.17) is 0 Å². The van der Waals surface area contributed by atoms with Crippen molar-refractivity contribution >= 4 is 0 Å². The zero-order valence-corrected chi connectivity index (χ0v) is 11.8. The minimum Gasteiger partial charge on any atom is -0.632 e.